The molecule has 0 fully saturated rings. The van der Waals surface area contributed by atoms with Gasteiger partial charge in [-0.3, -0.25) is 0 Å². The second-order valence-electron chi connectivity index (χ2n) is 5.04. The van der Waals surface area contributed by atoms with E-state index in [0.717, 1.165) is 17.7 Å². The lowest BCUT2D eigenvalue weighted by Gasteiger charge is -2.11. The number of rotatable bonds is 5. The average molecular weight is 338 g/mol. The minimum Gasteiger partial charge on any atom is -0.496 e. The van der Waals surface area contributed by atoms with Crippen LogP contribution in [-0.2, 0) is 19.3 Å². The molecule has 0 saturated carbocycles. The molecule has 0 aliphatic carbocycles. The fourth-order valence-corrected chi connectivity index (χ4v) is 2.08. The Bertz CT molecular complexity index is 685. The molecule has 0 unspecified atom stereocenters. The number of alkyl halides is 3. The molecule has 7 heteroatoms. The first-order valence-corrected chi connectivity index (χ1v) is 7.20. The van der Waals surface area contributed by atoms with Crippen molar-refractivity contribution in [1.82, 2.24) is 10.6 Å². The standard InChI is InChI=1S/C17H17F3N2O2/c1-24-15-5-3-2-4-13(15)11-22-16(23)21-10-12-6-8-14(9-7-12)17(18,19)20/h2-9H,10-11H2,1H3,(H2,21,22,23). The van der Waals surface area contributed by atoms with Crippen LogP contribution in [0.3, 0.4) is 0 Å². The highest BCUT2D eigenvalue weighted by molar-refractivity contribution is 5.73. The molecule has 2 aromatic carbocycles. The molecule has 0 radical (unpaired) electrons. The first kappa shape index (κ1) is 17.7. The van der Waals surface area contributed by atoms with E-state index in [2.05, 4.69) is 10.6 Å². The Morgan fingerprint density at radius 1 is 1.00 bits per heavy atom. The van der Waals surface area contributed by atoms with Gasteiger partial charge in [0.25, 0.3) is 0 Å². The second kappa shape index (κ2) is 7.72. The summed E-state index contributed by atoms with van der Waals surface area (Å²) in [5, 5.41) is 5.26. The van der Waals surface area contributed by atoms with Gasteiger partial charge in [0.05, 0.1) is 12.7 Å². The number of para-hydroxylation sites is 1. The molecule has 0 heterocycles. The van der Waals surface area contributed by atoms with Crippen LogP contribution in [0.4, 0.5) is 18.0 Å². The smallest absolute Gasteiger partial charge is 0.416 e. The number of halogens is 3. The van der Waals surface area contributed by atoms with E-state index in [1.807, 2.05) is 18.2 Å². The molecule has 128 valence electrons. The molecule has 0 saturated heterocycles. The number of benzene rings is 2. The van der Waals surface area contributed by atoms with Crippen LogP contribution >= 0.6 is 0 Å². The fourth-order valence-electron chi connectivity index (χ4n) is 2.08. The molecule has 2 aromatic rings. The van der Waals surface area contributed by atoms with Crippen molar-refractivity contribution in [2.45, 2.75) is 19.3 Å². The molecular formula is C17H17F3N2O2. The van der Waals surface area contributed by atoms with E-state index in [-0.39, 0.29) is 13.1 Å². The molecule has 2 rings (SSSR count). The Morgan fingerprint density at radius 2 is 1.62 bits per heavy atom. The maximum Gasteiger partial charge on any atom is 0.416 e. The monoisotopic (exact) mass is 338 g/mol. The lowest BCUT2D eigenvalue weighted by atomic mass is 10.1. The molecule has 4 nitrogen and oxygen atoms in total. The summed E-state index contributed by atoms with van der Waals surface area (Å²) in [6, 6.07) is 11.5. The molecule has 2 N–H and O–H groups in total. The third-order valence-corrected chi connectivity index (χ3v) is 3.37. The molecule has 2 amide bonds. The number of carbonyl (C=O) groups is 1. The van der Waals surface area contributed by atoms with Gasteiger partial charge in [-0.25, -0.2) is 4.79 Å². The Balaban J connectivity index is 1.83. The summed E-state index contributed by atoms with van der Waals surface area (Å²) < 4.78 is 42.6. The molecule has 0 bridgehead atoms. The highest BCUT2D eigenvalue weighted by atomic mass is 19.4. The van der Waals surface area contributed by atoms with E-state index in [1.165, 1.54) is 12.1 Å². The highest BCUT2D eigenvalue weighted by Gasteiger charge is 2.29. The number of amides is 2. The van der Waals surface area contributed by atoms with Crippen LogP contribution in [0.5, 0.6) is 5.75 Å². The Hall–Kier alpha value is -2.70. The first-order chi connectivity index (χ1) is 11.4. The third-order valence-electron chi connectivity index (χ3n) is 3.37. The molecule has 0 aliphatic heterocycles. The second-order valence-corrected chi connectivity index (χ2v) is 5.04. The van der Waals surface area contributed by atoms with Crippen LogP contribution in [0.1, 0.15) is 16.7 Å². The Labute approximate surface area is 137 Å². The van der Waals surface area contributed by atoms with Gasteiger partial charge < -0.3 is 15.4 Å². The highest BCUT2D eigenvalue weighted by Crippen LogP contribution is 2.29. The van der Waals surface area contributed by atoms with Crippen molar-refractivity contribution >= 4 is 6.03 Å². The van der Waals surface area contributed by atoms with Crippen molar-refractivity contribution in [3.05, 3.63) is 65.2 Å². The molecule has 24 heavy (non-hydrogen) atoms. The number of methoxy groups -OCH3 is 1. The summed E-state index contributed by atoms with van der Waals surface area (Å²) in [6.07, 6.45) is -4.36. The van der Waals surface area contributed by atoms with Gasteiger partial charge in [-0.15, -0.1) is 0 Å². The summed E-state index contributed by atoms with van der Waals surface area (Å²) in [5.41, 5.74) is 0.687. The van der Waals surface area contributed by atoms with Crippen molar-refractivity contribution in [2.24, 2.45) is 0 Å². The Kier molecular flexibility index (Phi) is 5.68. The summed E-state index contributed by atoms with van der Waals surface area (Å²) in [4.78, 5) is 11.8. The minimum atomic E-state index is -4.36. The molecule has 0 aromatic heterocycles. The van der Waals surface area contributed by atoms with Crippen LogP contribution in [0.15, 0.2) is 48.5 Å². The lowest BCUT2D eigenvalue weighted by molar-refractivity contribution is -0.137. The van der Waals surface area contributed by atoms with Gasteiger partial charge in [0.2, 0.25) is 0 Å². The minimum absolute atomic E-state index is 0.135. The predicted molar refractivity (Wildman–Crippen MR) is 83.5 cm³/mol. The summed E-state index contributed by atoms with van der Waals surface area (Å²) >= 11 is 0. The zero-order valence-electron chi connectivity index (χ0n) is 13.0. The lowest BCUT2D eigenvalue weighted by Crippen LogP contribution is -2.34. The molecule has 0 aliphatic rings. The summed E-state index contributed by atoms with van der Waals surface area (Å²) in [7, 11) is 1.55. The number of hydrogen-bond donors (Lipinski definition) is 2. The molecular weight excluding hydrogens is 321 g/mol. The average Bonchev–Trinajstić information content (AvgIpc) is 2.58. The van der Waals surface area contributed by atoms with Crippen molar-refractivity contribution in [3.8, 4) is 5.75 Å². The van der Waals surface area contributed by atoms with E-state index in [9.17, 15) is 18.0 Å². The van der Waals surface area contributed by atoms with E-state index in [0.29, 0.717) is 11.3 Å². The Morgan fingerprint density at radius 3 is 2.25 bits per heavy atom. The van der Waals surface area contributed by atoms with Crippen LogP contribution < -0.4 is 15.4 Å². The van der Waals surface area contributed by atoms with Crippen molar-refractivity contribution in [3.63, 3.8) is 0 Å². The topological polar surface area (TPSA) is 50.4 Å². The predicted octanol–water partition coefficient (Wildman–Crippen LogP) is 3.71. The van der Waals surface area contributed by atoms with Gasteiger partial charge in [0.1, 0.15) is 5.75 Å². The SMILES string of the molecule is COc1ccccc1CNC(=O)NCc1ccc(C(F)(F)F)cc1. The van der Waals surface area contributed by atoms with E-state index in [4.69, 9.17) is 4.74 Å². The van der Waals surface area contributed by atoms with Gasteiger partial charge >= 0.3 is 12.2 Å². The van der Waals surface area contributed by atoms with Gasteiger partial charge in [0, 0.05) is 18.7 Å². The number of nitrogens with one attached hydrogen (secondary N) is 2. The van der Waals surface area contributed by atoms with E-state index < -0.39 is 17.8 Å². The number of urea groups is 1. The molecule has 0 spiro atoms. The zero-order valence-corrected chi connectivity index (χ0v) is 13.0. The van der Waals surface area contributed by atoms with Crippen molar-refractivity contribution < 1.29 is 22.7 Å². The maximum absolute atomic E-state index is 12.5. The van der Waals surface area contributed by atoms with E-state index >= 15 is 0 Å². The zero-order chi connectivity index (χ0) is 17.6. The van der Waals surface area contributed by atoms with Crippen LogP contribution in [-0.4, -0.2) is 13.1 Å². The number of carbonyl (C=O) groups excluding carboxylic acids is 1. The van der Waals surface area contributed by atoms with Crippen LogP contribution in [0.25, 0.3) is 0 Å². The summed E-state index contributed by atoms with van der Waals surface area (Å²) in [5.74, 6) is 0.667. The normalized spacial score (nSPS) is 11.0. The third kappa shape index (κ3) is 4.91. The quantitative estimate of drug-likeness (QED) is 0.873. The maximum atomic E-state index is 12.5. The number of ether oxygens (including phenoxy) is 1. The largest absolute Gasteiger partial charge is 0.496 e. The van der Waals surface area contributed by atoms with Crippen LogP contribution in [0, 0.1) is 0 Å². The number of hydrogen-bond acceptors (Lipinski definition) is 2. The van der Waals surface area contributed by atoms with Gasteiger partial charge in [0.15, 0.2) is 0 Å². The van der Waals surface area contributed by atoms with Crippen molar-refractivity contribution in [1.29, 1.82) is 0 Å². The summed E-state index contributed by atoms with van der Waals surface area (Å²) in [6.45, 7) is 0.415. The fraction of sp³-hybridized carbons (Fsp3) is 0.235. The van der Waals surface area contributed by atoms with Gasteiger partial charge in [-0.1, -0.05) is 30.3 Å². The van der Waals surface area contributed by atoms with Crippen LogP contribution in [0.2, 0.25) is 0 Å². The van der Waals surface area contributed by atoms with Gasteiger partial charge in [-0.2, -0.15) is 13.2 Å². The van der Waals surface area contributed by atoms with Crippen molar-refractivity contribution in [2.75, 3.05) is 7.11 Å². The van der Waals surface area contributed by atoms with Gasteiger partial charge in [-0.05, 0) is 23.8 Å². The van der Waals surface area contributed by atoms with E-state index in [1.54, 1.807) is 13.2 Å². The first-order valence-electron chi connectivity index (χ1n) is 7.20. The molecule has 0 atom stereocenters.